The molecule has 0 atom stereocenters. The Labute approximate surface area is 178 Å². The van der Waals surface area contributed by atoms with Crippen molar-refractivity contribution >= 4 is 29.2 Å². The van der Waals surface area contributed by atoms with Crippen molar-refractivity contribution in [3.8, 4) is 5.69 Å². The molecule has 2 heterocycles. The molecular formula is C21H21N5O3S. The van der Waals surface area contributed by atoms with Crippen LogP contribution < -0.4 is 4.90 Å². The lowest BCUT2D eigenvalue weighted by Gasteiger charge is -2.27. The van der Waals surface area contributed by atoms with Crippen molar-refractivity contribution in [3.05, 3.63) is 70.3 Å². The standard InChI is InChI=1S/C21H21N5O3S/c27-19(16-8-7-11-18(14-16)26(28)29)15-30-21-23-22-20(24-12-5-2-6-13-24)25(21)17-9-3-1-4-10-17/h1,3-4,7-11,14H,2,5-6,12-13,15H2. The van der Waals surface area contributed by atoms with E-state index in [0.29, 0.717) is 10.7 Å². The van der Waals surface area contributed by atoms with Crippen molar-refractivity contribution in [1.82, 2.24) is 14.8 Å². The van der Waals surface area contributed by atoms with Crippen LogP contribution >= 0.6 is 11.8 Å². The lowest BCUT2D eigenvalue weighted by Crippen LogP contribution is -2.31. The molecule has 3 aromatic rings. The third-order valence-electron chi connectivity index (χ3n) is 4.98. The molecule has 0 spiro atoms. The van der Waals surface area contributed by atoms with E-state index in [4.69, 9.17) is 0 Å². The van der Waals surface area contributed by atoms with Crippen LogP contribution in [0.3, 0.4) is 0 Å². The zero-order valence-corrected chi connectivity index (χ0v) is 17.1. The van der Waals surface area contributed by atoms with Crippen molar-refractivity contribution < 1.29 is 9.72 Å². The number of carbonyl (C=O) groups excluding carboxylic acids is 1. The van der Waals surface area contributed by atoms with Gasteiger partial charge < -0.3 is 4.90 Å². The third kappa shape index (κ3) is 4.35. The van der Waals surface area contributed by atoms with Gasteiger partial charge in [-0.2, -0.15) is 0 Å². The fourth-order valence-electron chi connectivity index (χ4n) is 3.46. The molecule has 2 aromatic carbocycles. The van der Waals surface area contributed by atoms with Crippen LogP contribution in [0.1, 0.15) is 29.6 Å². The largest absolute Gasteiger partial charge is 0.341 e. The number of carbonyl (C=O) groups is 1. The fourth-order valence-corrected chi connectivity index (χ4v) is 4.31. The number of anilines is 1. The first kappa shape index (κ1) is 20.1. The quantitative estimate of drug-likeness (QED) is 0.244. The van der Waals surface area contributed by atoms with Crippen molar-refractivity contribution in [2.24, 2.45) is 0 Å². The molecular weight excluding hydrogens is 402 g/mol. The lowest BCUT2D eigenvalue weighted by molar-refractivity contribution is -0.384. The van der Waals surface area contributed by atoms with Gasteiger partial charge in [-0.3, -0.25) is 19.5 Å². The molecule has 1 aromatic heterocycles. The Hall–Kier alpha value is -3.20. The number of hydrogen-bond acceptors (Lipinski definition) is 7. The van der Waals surface area contributed by atoms with E-state index in [1.165, 1.54) is 36.4 Å². The summed E-state index contributed by atoms with van der Waals surface area (Å²) >= 11 is 1.29. The Bertz CT molecular complexity index is 1050. The van der Waals surface area contributed by atoms with Gasteiger partial charge in [-0.15, -0.1) is 10.2 Å². The number of benzene rings is 2. The Balaban J connectivity index is 1.58. The van der Waals surface area contributed by atoms with Gasteiger partial charge in [-0.05, 0) is 31.4 Å². The van der Waals surface area contributed by atoms with E-state index in [1.54, 1.807) is 6.07 Å². The number of nitrogens with zero attached hydrogens (tertiary/aromatic N) is 5. The zero-order valence-electron chi connectivity index (χ0n) is 16.3. The number of nitro benzene ring substituents is 1. The molecule has 154 valence electrons. The van der Waals surface area contributed by atoms with Gasteiger partial charge >= 0.3 is 0 Å². The van der Waals surface area contributed by atoms with Crippen LogP contribution in [0.2, 0.25) is 0 Å². The van der Waals surface area contributed by atoms with Crippen molar-refractivity contribution in [2.75, 3.05) is 23.7 Å². The predicted molar refractivity (Wildman–Crippen MR) is 116 cm³/mol. The molecule has 0 bridgehead atoms. The van der Waals surface area contributed by atoms with Gasteiger partial charge in [0.2, 0.25) is 5.95 Å². The van der Waals surface area contributed by atoms with E-state index in [1.807, 2.05) is 34.9 Å². The number of thioether (sulfide) groups is 1. The van der Waals surface area contributed by atoms with E-state index in [0.717, 1.165) is 37.6 Å². The van der Waals surface area contributed by atoms with Crippen LogP contribution in [0, 0.1) is 10.1 Å². The number of aromatic nitrogens is 3. The second kappa shape index (κ2) is 9.08. The highest BCUT2D eigenvalue weighted by molar-refractivity contribution is 7.99. The molecule has 8 nitrogen and oxygen atoms in total. The highest BCUT2D eigenvalue weighted by Crippen LogP contribution is 2.29. The summed E-state index contributed by atoms with van der Waals surface area (Å²) < 4.78 is 1.98. The minimum Gasteiger partial charge on any atom is -0.341 e. The molecule has 1 aliphatic heterocycles. The van der Waals surface area contributed by atoms with Crippen LogP contribution in [0.25, 0.3) is 5.69 Å². The number of para-hydroxylation sites is 1. The Morgan fingerprint density at radius 2 is 1.80 bits per heavy atom. The number of piperidine rings is 1. The van der Waals surface area contributed by atoms with Gasteiger partial charge in [0.05, 0.1) is 16.4 Å². The van der Waals surface area contributed by atoms with Crippen molar-refractivity contribution in [2.45, 2.75) is 24.4 Å². The zero-order chi connectivity index (χ0) is 20.9. The molecule has 30 heavy (non-hydrogen) atoms. The van der Waals surface area contributed by atoms with Crippen LogP contribution in [-0.2, 0) is 0 Å². The number of Topliss-reactive ketones (excluding diaryl/α,β-unsaturated/α-hetero) is 1. The Morgan fingerprint density at radius 3 is 2.53 bits per heavy atom. The van der Waals surface area contributed by atoms with Gasteiger partial charge in [-0.25, -0.2) is 0 Å². The molecule has 0 aliphatic carbocycles. The van der Waals surface area contributed by atoms with E-state index >= 15 is 0 Å². The summed E-state index contributed by atoms with van der Waals surface area (Å²) in [6.07, 6.45) is 3.46. The molecule has 0 unspecified atom stereocenters. The second-order valence-corrected chi connectivity index (χ2v) is 7.96. The second-order valence-electron chi connectivity index (χ2n) is 7.02. The molecule has 4 rings (SSSR count). The third-order valence-corrected chi connectivity index (χ3v) is 5.91. The van der Waals surface area contributed by atoms with E-state index in [9.17, 15) is 14.9 Å². The minimum absolute atomic E-state index is 0.0920. The molecule has 1 aliphatic rings. The van der Waals surface area contributed by atoms with Gasteiger partial charge in [0.1, 0.15) is 0 Å². The minimum atomic E-state index is -0.499. The molecule has 1 saturated heterocycles. The molecule has 0 amide bonds. The monoisotopic (exact) mass is 423 g/mol. The summed E-state index contributed by atoms with van der Waals surface area (Å²) in [7, 11) is 0. The fraction of sp³-hybridized carbons (Fsp3) is 0.286. The first-order valence-electron chi connectivity index (χ1n) is 9.80. The lowest BCUT2D eigenvalue weighted by atomic mass is 10.1. The van der Waals surface area contributed by atoms with Crippen molar-refractivity contribution in [1.29, 1.82) is 0 Å². The molecule has 9 heteroatoms. The van der Waals surface area contributed by atoms with E-state index < -0.39 is 4.92 Å². The number of hydrogen-bond donors (Lipinski definition) is 0. The smallest absolute Gasteiger partial charge is 0.270 e. The van der Waals surface area contributed by atoms with Crippen molar-refractivity contribution in [3.63, 3.8) is 0 Å². The van der Waals surface area contributed by atoms with Gasteiger partial charge in [0, 0.05) is 30.8 Å². The summed E-state index contributed by atoms with van der Waals surface area (Å²) in [5, 5.41) is 20.4. The highest BCUT2D eigenvalue weighted by atomic mass is 32.2. The van der Waals surface area contributed by atoms with E-state index in [2.05, 4.69) is 15.1 Å². The number of rotatable bonds is 7. The summed E-state index contributed by atoms with van der Waals surface area (Å²) in [4.78, 5) is 25.3. The summed E-state index contributed by atoms with van der Waals surface area (Å²) in [5.41, 5.74) is 1.16. The van der Waals surface area contributed by atoms with Gasteiger partial charge in [0.25, 0.3) is 5.69 Å². The maximum atomic E-state index is 12.6. The summed E-state index contributed by atoms with van der Waals surface area (Å²) in [5.74, 6) is 0.712. The molecule has 0 saturated carbocycles. The molecule has 1 fully saturated rings. The normalized spacial score (nSPS) is 13.9. The van der Waals surface area contributed by atoms with Crippen LogP contribution in [0.15, 0.2) is 59.8 Å². The van der Waals surface area contributed by atoms with Crippen LogP contribution in [0.5, 0.6) is 0 Å². The number of nitro groups is 1. The van der Waals surface area contributed by atoms with Gasteiger partial charge in [0.15, 0.2) is 10.9 Å². The SMILES string of the molecule is O=C(CSc1nnc(N2CCCCC2)n1-c1ccccc1)c1cccc([N+](=O)[O-])c1. The average Bonchev–Trinajstić information content (AvgIpc) is 3.22. The average molecular weight is 423 g/mol. The maximum absolute atomic E-state index is 12.6. The predicted octanol–water partition coefficient (Wildman–Crippen LogP) is 4.14. The first-order chi connectivity index (χ1) is 14.6. The number of non-ortho nitro benzene ring substituents is 1. The van der Waals surface area contributed by atoms with Crippen LogP contribution in [-0.4, -0.2) is 44.3 Å². The summed E-state index contributed by atoms with van der Waals surface area (Å²) in [6.45, 7) is 1.87. The van der Waals surface area contributed by atoms with Gasteiger partial charge in [-0.1, -0.05) is 42.1 Å². The number of ketones is 1. The molecule has 0 N–H and O–H groups in total. The first-order valence-corrected chi connectivity index (χ1v) is 10.8. The highest BCUT2D eigenvalue weighted by Gasteiger charge is 2.22. The maximum Gasteiger partial charge on any atom is 0.270 e. The Morgan fingerprint density at radius 1 is 1.03 bits per heavy atom. The summed E-state index contributed by atoms with van der Waals surface area (Å²) in [6, 6.07) is 15.6. The van der Waals surface area contributed by atoms with Crippen LogP contribution in [0.4, 0.5) is 11.6 Å². The topological polar surface area (TPSA) is 94.2 Å². The molecule has 0 radical (unpaired) electrons. The Kier molecular flexibility index (Phi) is 6.08. The van der Waals surface area contributed by atoms with E-state index in [-0.39, 0.29) is 17.2 Å².